The van der Waals surface area contributed by atoms with Gasteiger partial charge in [-0.25, -0.2) is 0 Å². The summed E-state index contributed by atoms with van der Waals surface area (Å²) in [5.74, 6) is 0.202. The van der Waals surface area contributed by atoms with Gasteiger partial charge in [0.05, 0.1) is 0 Å². The summed E-state index contributed by atoms with van der Waals surface area (Å²) in [6.07, 6.45) is 1.96. The molecule has 0 aliphatic rings. The van der Waals surface area contributed by atoms with Crippen molar-refractivity contribution in [3.8, 4) is 0 Å². The van der Waals surface area contributed by atoms with Gasteiger partial charge in [0.2, 0.25) is 0 Å². The molecule has 1 atom stereocenters. The molecule has 0 rings (SSSR count). The Kier molecular flexibility index (Phi) is 6.48. The van der Waals surface area contributed by atoms with Gasteiger partial charge in [0.15, 0.2) is 0 Å². The van der Waals surface area contributed by atoms with Crippen LogP contribution in [0, 0.1) is 16.0 Å². The lowest BCUT2D eigenvalue weighted by Crippen LogP contribution is -2.34. The first-order valence-electron chi connectivity index (χ1n) is 4.23. The van der Waals surface area contributed by atoms with Crippen LogP contribution in [0.2, 0.25) is 0 Å². The maximum Gasteiger partial charge on any atom is 0.295 e. The van der Waals surface area contributed by atoms with E-state index < -0.39 is 10.7 Å². The Labute approximate surface area is 79.2 Å². The minimum Gasteiger partial charge on any atom is -0.344 e. The minimum atomic E-state index is -0.716. The largest absolute Gasteiger partial charge is 0.344 e. The summed E-state index contributed by atoms with van der Waals surface area (Å²) in [6.45, 7) is 7.51. The van der Waals surface area contributed by atoms with Crippen LogP contribution in [0.4, 0.5) is 0 Å². The minimum absolute atomic E-state index is 0. The van der Waals surface area contributed by atoms with Crippen molar-refractivity contribution in [3.63, 3.8) is 0 Å². The molecule has 1 unspecified atom stereocenters. The lowest BCUT2D eigenvalue weighted by molar-refractivity contribution is -0.781. The number of rotatable bonds is 5. The molecule has 0 aromatic carbocycles. The Morgan fingerprint density at radius 2 is 2.00 bits per heavy atom. The molecule has 0 fully saturated rings. The van der Waals surface area contributed by atoms with Crippen LogP contribution in [0.1, 0.15) is 40.5 Å². The van der Waals surface area contributed by atoms with Gasteiger partial charge >= 0.3 is 0 Å². The average Bonchev–Trinajstić information content (AvgIpc) is 1.85. The molecule has 80 valence electrons. The van der Waals surface area contributed by atoms with Gasteiger partial charge in [-0.05, 0) is 26.2 Å². The second-order valence-corrected chi connectivity index (χ2v) is 3.61. The molecule has 0 saturated heterocycles. The van der Waals surface area contributed by atoms with E-state index in [1.807, 2.05) is 6.92 Å². The molecule has 0 aromatic heterocycles. The highest BCUT2D eigenvalue weighted by Gasteiger charge is 2.29. The first kappa shape index (κ1) is 14.7. The van der Waals surface area contributed by atoms with Crippen molar-refractivity contribution in [1.82, 2.24) is 6.15 Å². The third-order valence-corrected chi connectivity index (χ3v) is 2.22. The molecule has 0 saturated carbocycles. The molecule has 0 spiro atoms. The predicted molar refractivity (Wildman–Crippen MR) is 51.3 cm³/mol. The van der Waals surface area contributed by atoms with Crippen LogP contribution in [0.5, 0.6) is 0 Å². The fourth-order valence-electron chi connectivity index (χ4n) is 1.06. The van der Waals surface area contributed by atoms with E-state index in [9.17, 15) is 10.1 Å². The van der Waals surface area contributed by atoms with Crippen molar-refractivity contribution in [2.45, 2.75) is 46.1 Å². The van der Waals surface area contributed by atoms with Gasteiger partial charge < -0.3 is 11.0 Å². The van der Waals surface area contributed by atoms with Crippen molar-refractivity contribution in [1.29, 1.82) is 0 Å². The van der Waals surface area contributed by atoms with Crippen LogP contribution in [0.3, 0.4) is 0 Å². The average molecular weight is 192 g/mol. The summed E-state index contributed by atoms with van der Waals surface area (Å²) in [6, 6.07) is 0. The molecular weight excluding hydrogens is 172 g/mol. The topological polar surface area (TPSA) is 87.4 Å². The fourth-order valence-corrected chi connectivity index (χ4v) is 1.06. The smallest absolute Gasteiger partial charge is 0.295 e. The monoisotopic (exact) mass is 192 g/mol. The highest BCUT2D eigenvalue weighted by atomic mass is 17.0. The van der Waals surface area contributed by atoms with Gasteiger partial charge in [-0.3, -0.25) is 0 Å². The lowest BCUT2D eigenvalue weighted by atomic mass is 9.89. The zero-order valence-electron chi connectivity index (χ0n) is 8.87. The van der Waals surface area contributed by atoms with Crippen LogP contribution in [-0.2, 0) is 4.84 Å². The van der Waals surface area contributed by atoms with Gasteiger partial charge in [-0.15, -0.1) is 10.1 Å². The quantitative estimate of drug-likeness (QED) is 0.535. The molecule has 0 heterocycles. The van der Waals surface area contributed by atoms with Crippen molar-refractivity contribution in [2.24, 2.45) is 5.92 Å². The second kappa shape index (κ2) is 5.75. The van der Waals surface area contributed by atoms with Gasteiger partial charge in [-0.2, -0.15) is 0 Å². The molecule has 0 radical (unpaired) electrons. The van der Waals surface area contributed by atoms with Crippen LogP contribution >= 0.6 is 0 Å². The molecular formula is C8H20N2O3. The van der Waals surface area contributed by atoms with Gasteiger partial charge in [-0.1, -0.05) is 20.3 Å². The third-order valence-electron chi connectivity index (χ3n) is 2.22. The molecule has 0 aromatic rings. The molecule has 3 N–H and O–H groups in total. The molecule has 0 amide bonds. The summed E-state index contributed by atoms with van der Waals surface area (Å²) in [7, 11) is 0. The lowest BCUT2D eigenvalue weighted by Gasteiger charge is -2.28. The zero-order valence-corrected chi connectivity index (χ0v) is 8.87. The molecule has 5 nitrogen and oxygen atoms in total. The molecule has 0 bridgehead atoms. The normalized spacial score (nSPS) is 12.9. The molecule has 13 heavy (non-hydrogen) atoms. The summed E-state index contributed by atoms with van der Waals surface area (Å²) >= 11 is 0. The van der Waals surface area contributed by atoms with E-state index in [1.54, 1.807) is 13.8 Å². The Morgan fingerprint density at radius 1 is 1.54 bits per heavy atom. The van der Waals surface area contributed by atoms with Crippen LogP contribution < -0.4 is 6.15 Å². The predicted octanol–water partition coefficient (Wildman–Crippen LogP) is 2.57. The van der Waals surface area contributed by atoms with E-state index in [4.69, 9.17) is 0 Å². The van der Waals surface area contributed by atoms with Gasteiger partial charge in [0, 0.05) is 0 Å². The molecule has 0 aliphatic carbocycles. The van der Waals surface area contributed by atoms with E-state index >= 15 is 0 Å². The highest BCUT2D eigenvalue weighted by molar-refractivity contribution is 4.73. The summed E-state index contributed by atoms with van der Waals surface area (Å²) < 4.78 is 0. The number of hydrogen-bond acceptors (Lipinski definition) is 4. The Balaban J connectivity index is 0. The second-order valence-electron chi connectivity index (χ2n) is 3.61. The summed E-state index contributed by atoms with van der Waals surface area (Å²) in [4.78, 5) is 14.7. The summed E-state index contributed by atoms with van der Waals surface area (Å²) in [5.41, 5.74) is -0.667. The van der Waals surface area contributed by atoms with Crippen LogP contribution in [-0.4, -0.2) is 10.7 Å². The van der Waals surface area contributed by atoms with Crippen molar-refractivity contribution in [3.05, 3.63) is 10.1 Å². The Hall–Kier alpha value is -0.840. The SMILES string of the molecule is CCCC(C)C(C)(C)O[N+](=O)[O-].N. The van der Waals surface area contributed by atoms with E-state index in [-0.39, 0.29) is 12.1 Å². The first-order valence-corrected chi connectivity index (χ1v) is 4.23. The van der Waals surface area contributed by atoms with Gasteiger partial charge in [0.1, 0.15) is 5.60 Å². The van der Waals surface area contributed by atoms with Gasteiger partial charge in [0.25, 0.3) is 5.09 Å². The van der Waals surface area contributed by atoms with Crippen molar-refractivity contribution in [2.75, 3.05) is 0 Å². The maximum absolute atomic E-state index is 10.1. The van der Waals surface area contributed by atoms with Crippen molar-refractivity contribution >= 4 is 0 Å². The first-order chi connectivity index (χ1) is 5.40. The number of nitrogens with zero attached hydrogens (tertiary/aromatic N) is 1. The van der Waals surface area contributed by atoms with Crippen LogP contribution in [0.25, 0.3) is 0 Å². The fraction of sp³-hybridized carbons (Fsp3) is 1.00. The van der Waals surface area contributed by atoms with E-state index in [2.05, 4.69) is 11.8 Å². The maximum atomic E-state index is 10.1. The van der Waals surface area contributed by atoms with Crippen LogP contribution in [0.15, 0.2) is 0 Å². The number of hydrogen-bond donors (Lipinski definition) is 1. The summed E-state index contributed by atoms with van der Waals surface area (Å²) in [5, 5.41) is 9.39. The Bertz CT molecular complexity index is 159. The van der Waals surface area contributed by atoms with E-state index in [0.29, 0.717) is 0 Å². The van der Waals surface area contributed by atoms with Crippen molar-refractivity contribution < 1.29 is 9.92 Å². The van der Waals surface area contributed by atoms with E-state index in [0.717, 1.165) is 12.8 Å². The molecule has 5 heteroatoms. The zero-order chi connectivity index (χ0) is 9.78. The standard InChI is InChI=1S/C8H17NO3.H3N/c1-5-6-7(2)8(3,4)12-9(10)11;/h7H,5-6H2,1-4H3;1H3. The Morgan fingerprint density at radius 3 is 2.31 bits per heavy atom. The third kappa shape index (κ3) is 5.41. The highest BCUT2D eigenvalue weighted by Crippen LogP contribution is 2.24. The molecule has 0 aliphatic heterocycles. The van der Waals surface area contributed by atoms with E-state index in [1.165, 1.54) is 0 Å².